The number of hydrogen-bond donors (Lipinski definition) is 2. The summed E-state index contributed by atoms with van der Waals surface area (Å²) in [6.45, 7) is 2.56. The molecule has 0 radical (unpaired) electrons. The predicted molar refractivity (Wildman–Crippen MR) is 107 cm³/mol. The standard InChI is InChI=1S/C22H22N2O5/c25-21(26)16-6-7-19-17(12-16)18(14-24(19)13-15-4-2-1-3-5-15)20(22(27)28)23-8-10-29-11-9-23/h1-7,12,14,20H,8-11,13H2,(H,25,26)(H,27,28)/t20-/m1/s1. The number of morpholine rings is 1. The van der Waals surface area contributed by atoms with E-state index in [-0.39, 0.29) is 5.56 Å². The second-order valence-electron chi connectivity index (χ2n) is 7.12. The molecule has 0 spiro atoms. The van der Waals surface area contributed by atoms with E-state index in [4.69, 9.17) is 4.74 Å². The van der Waals surface area contributed by atoms with Crippen molar-refractivity contribution >= 4 is 22.8 Å². The molecule has 1 aliphatic rings. The molecule has 2 heterocycles. The van der Waals surface area contributed by atoms with Gasteiger partial charge in [0.1, 0.15) is 6.04 Å². The zero-order chi connectivity index (χ0) is 20.4. The number of benzene rings is 2. The summed E-state index contributed by atoms with van der Waals surface area (Å²) in [5.74, 6) is -1.99. The first-order valence-electron chi connectivity index (χ1n) is 9.49. The van der Waals surface area contributed by atoms with E-state index in [1.54, 1.807) is 18.2 Å². The molecular weight excluding hydrogens is 372 g/mol. The largest absolute Gasteiger partial charge is 0.480 e. The SMILES string of the molecule is O=C(O)c1ccc2c(c1)c([C@H](C(=O)O)N1CCOCC1)cn2Cc1ccccc1. The predicted octanol–water partition coefficient (Wildman–Crippen LogP) is 2.85. The number of nitrogens with zero attached hydrogens (tertiary/aromatic N) is 2. The van der Waals surface area contributed by atoms with Crippen LogP contribution in [0.3, 0.4) is 0 Å². The first-order valence-corrected chi connectivity index (χ1v) is 9.49. The molecule has 4 rings (SSSR count). The lowest BCUT2D eigenvalue weighted by atomic mass is 10.0. The Labute approximate surface area is 167 Å². The highest BCUT2D eigenvalue weighted by atomic mass is 16.5. The minimum atomic E-state index is -1.04. The number of carbonyl (C=O) groups is 2. The van der Waals surface area contributed by atoms with Crippen molar-refractivity contribution in [2.45, 2.75) is 12.6 Å². The molecule has 0 aliphatic carbocycles. The molecule has 0 amide bonds. The average molecular weight is 394 g/mol. The highest BCUT2D eigenvalue weighted by Gasteiger charge is 2.31. The van der Waals surface area contributed by atoms with Crippen molar-refractivity contribution in [3.05, 3.63) is 71.4 Å². The summed E-state index contributed by atoms with van der Waals surface area (Å²) in [4.78, 5) is 25.6. The van der Waals surface area contributed by atoms with Gasteiger partial charge >= 0.3 is 11.9 Å². The number of hydrogen-bond acceptors (Lipinski definition) is 4. The summed E-state index contributed by atoms with van der Waals surface area (Å²) in [6, 6.07) is 13.9. The summed E-state index contributed by atoms with van der Waals surface area (Å²) < 4.78 is 7.36. The van der Waals surface area contributed by atoms with Crippen LogP contribution < -0.4 is 0 Å². The van der Waals surface area contributed by atoms with E-state index in [2.05, 4.69) is 0 Å². The molecule has 7 nitrogen and oxygen atoms in total. The van der Waals surface area contributed by atoms with Crippen LogP contribution in [0.4, 0.5) is 0 Å². The first kappa shape index (κ1) is 19.2. The number of carboxylic acids is 2. The van der Waals surface area contributed by atoms with Crippen LogP contribution in [0.1, 0.15) is 27.5 Å². The number of aliphatic carboxylic acids is 1. The third kappa shape index (κ3) is 3.87. The van der Waals surface area contributed by atoms with Gasteiger partial charge in [-0.3, -0.25) is 9.69 Å². The molecule has 2 aromatic carbocycles. The van der Waals surface area contributed by atoms with Crippen molar-refractivity contribution in [2.75, 3.05) is 26.3 Å². The molecule has 0 unspecified atom stereocenters. The van der Waals surface area contributed by atoms with E-state index in [9.17, 15) is 19.8 Å². The van der Waals surface area contributed by atoms with Crippen molar-refractivity contribution in [3.63, 3.8) is 0 Å². The van der Waals surface area contributed by atoms with Gasteiger partial charge in [0.05, 0.1) is 18.8 Å². The van der Waals surface area contributed by atoms with Crippen LogP contribution in [-0.4, -0.2) is 57.9 Å². The maximum Gasteiger partial charge on any atom is 0.335 e. The Morgan fingerprint density at radius 2 is 1.76 bits per heavy atom. The van der Waals surface area contributed by atoms with Crippen molar-refractivity contribution < 1.29 is 24.5 Å². The van der Waals surface area contributed by atoms with Crippen LogP contribution in [-0.2, 0) is 16.1 Å². The zero-order valence-electron chi connectivity index (χ0n) is 15.8. The lowest BCUT2D eigenvalue weighted by molar-refractivity contribution is -0.145. The van der Waals surface area contributed by atoms with Crippen molar-refractivity contribution in [1.82, 2.24) is 9.47 Å². The molecule has 0 saturated carbocycles. The Morgan fingerprint density at radius 1 is 1.03 bits per heavy atom. The van der Waals surface area contributed by atoms with Gasteiger partial charge in [-0.15, -0.1) is 0 Å². The van der Waals surface area contributed by atoms with E-state index in [1.807, 2.05) is 46.0 Å². The number of aromatic carboxylic acids is 1. The minimum absolute atomic E-state index is 0.141. The van der Waals surface area contributed by atoms with Gasteiger partial charge in [-0.25, -0.2) is 4.79 Å². The second kappa shape index (κ2) is 8.06. The van der Waals surface area contributed by atoms with Crippen molar-refractivity contribution in [1.29, 1.82) is 0 Å². The van der Waals surface area contributed by atoms with Gasteiger partial charge in [0.25, 0.3) is 0 Å². The molecule has 1 atom stereocenters. The number of rotatable bonds is 6. The van der Waals surface area contributed by atoms with Crippen LogP contribution in [0.5, 0.6) is 0 Å². The number of ether oxygens (including phenoxy) is 1. The van der Waals surface area contributed by atoms with Gasteiger partial charge in [-0.2, -0.15) is 0 Å². The van der Waals surface area contributed by atoms with Crippen LogP contribution in [0.2, 0.25) is 0 Å². The Morgan fingerprint density at radius 3 is 2.41 bits per heavy atom. The van der Waals surface area contributed by atoms with E-state index in [0.717, 1.165) is 11.1 Å². The number of aromatic nitrogens is 1. The van der Waals surface area contributed by atoms with Crippen molar-refractivity contribution in [3.8, 4) is 0 Å². The quantitative estimate of drug-likeness (QED) is 0.668. The molecule has 1 fully saturated rings. The molecule has 3 aromatic rings. The van der Waals surface area contributed by atoms with Gasteiger partial charge in [0.2, 0.25) is 0 Å². The highest BCUT2D eigenvalue weighted by Crippen LogP contribution is 2.32. The Kier molecular flexibility index (Phi) is 5.33. The number of carboxylic acid groups (broad SMARTS) is 2. The second-order valence-corrected chi connectivity index (χ2v) is 7.12. The van der Waals surface area contributed by atoms with E-state index < -0.39 is 18.0 Å². The third-order valence-corrected chi connectivity index (χ3v) is 5.29. The third-order valence-electron chi connectivity index (χ3n) is 5.29. The summed E-state index contributed by atoms with van der Waals surface area (Å²) in [6.07, 6.45) is 1.84. The summed E-state index contributed by atoms with van der Waals surface area (Å²) >= 11 is 0. The lowest BCUT2D eigenvalue weighted by Crippen LogP contribution is -2.42. The summed E-state index contributed by atoms with van der Waals surface area (Å²) in [5, 5.41) is 20.1. The van der Waals surface area contributed by atoms with E-state index in [1.165, 1.54) is 0 Å². The van der Waals surface area contributed by atoms with Crippen molar-refractivity contribution in [2.24, 2.45) is 0 Å². The van der Waals surface area contributed by atoms with Crippen LogP contribution in [0.15, 0.2) is 54.7 Å². The molecule has 150 valence electrons. The fourth-order valence-electron chi connectivity index (χ4n) is 3.91. The van der Waals surface area contributed by atoms with Crippen LogP contribution >= 0.6 is 0 Å². The molecule has 7 heteroatoms. The van der Waals surface area contributed by atoms with E-state index >= 15 is 0 Å². The lowest BCUT2D eigenvalue weighted by Gasteiger charge is -2.31. The monoisotopic (exact) mass is 394 g/mol. The van der Waals surface area contributed by atoms with Gasteiger partial charge in [0, 0.05) is 42.3 Å². The highest BCUT2D eigenvalue weighted by molar-refractivity contribution is 5.96. The van der Waals surface area contributed by atoms with Crippen LogP contribution in [0, 0.1) is 0 Å². The van der Waals surface area contributed by atoms with Gasteiger partial charge in [-0.1, -0.05) is 30.3 Å². The minimum Gasteiger partial charge on any atom is -0.480 e. The van der Waals surface area contributed by atoms with E-state index in [0.29, 0.717) is 43.8 Å². The molecule has 1 aromatic heterocycles. The molecule has 2 N–H and O–H groups in total. The first-order chi connectivity index (χ1) is 14.0. The maximum atomic E-state index is 12.2. The number of fused-ring (bicyclic) bond motifs is 1. The van der Waals surface area contributed by atoms with Crippen LogP contribution in [0.25, 0.3) is 10.9 Å². The topological polar surface area (TPSA) is 92.0 Å². The van der Waals surface area contributed by atoms with Gasteiger partial charge in [-0.05, 0) is 23.8 Å². The fraction of sp³-hybridized carbons (Fsp3) is 0.273. The maximum absolute atomic E-state index is 12.2. The average Bonchev–Trinajstić information content (AvgIpc) is 3.07. The Hall–Kier alpha value is -3.16. The Bertz CT molecular complexity index is 1040. The molecule has 29 heavy (non-hydrogen) atoms. The molecule has 0 bridgehead atoms. The zero-order valence-corrected chi connectivity index (χ0v) is 15.8. The summed E-state index contributed by atoms with van der Waals surface area (Å²) in [5.41, 5.74) is 2.64. The molecule has 1 saturated heterocycles. The van der Waals surface area contributed by atoms with Gasteiger partial charge < -0.3 is 19.5 Å². The molecular formula is C22H22N2O5. The smallest absolute Gasteiger partial charge is 0.335 e. The van der Waals surface area contributed by atoms with Gasteiger partial charge in [0.15, 0.2) is 0 Å². The fourth-order valence-corrected chi connectivity index (χ4v) is 3.91. The Balaban J connectivity index is 1.85. The normalized spacial score (nSPS) is 16.0. The summed E-state index contributed by atoms with van der Waals surface area (Å²) in [7, 11) is 0. The molecule has 1 aliphatic heterocycles.